The van der Waals surface area contributed by atoms with Crippen molar-refractivity contribution in [3.63, 3.8) is 0 Å². The average molecular weight is 154 g/mol. The SMILES string of the molecule is CCC1CC1(O)CC1CCC1. The molecule has 0 saturated heterocycles. The first-order valence-corrected chi connectivity index (χ1v) is 4.97. The summed E-state index contributed by atoms with van der Waals surface area (Å²) in [6, 6.07) is 0. The highest BCUT2D eigenvalue weighted by Crippen LogP contribution is 2.52. The maximum Gasteiger partial charge on any atom is 0.0683 e. The van der Waals surface area contributed by atoms with Gasteiger partial charge in [-0.1, -0.05) is 32.6 Å². The number of hydrogen-bond acceptors (Lipinski definition) is 1. The highest BCUT2D eigenvalue weighted by Gasteiger charge is 2.52. The molecule has 0 radical (unpaired) electrons. The molecule has 2 aliphatic rings. The van der Waals surface area contributed by atoms with Gasteiger partial charge in [0.1, 0.15) is 0 Å². The van der Waals surface area contributed by atoms with E-state index in [1.807, 2.05) is 0 Å². The van der Waals surface area contributed by atoms with Gasteiger partial charge in [-0.25, -0.2) is 0 Å². The van der Waals surface area contributed by atoms with Crippen LogP contribution in [0.1, 0.15) is 45.4 Å². The first-order valence-electron chi connectivity index (χ1n) is 4.97. The molecular formula is C10H18O. The zero-order valence-corrected chi connectivity index (χ0v) is 7.34. The molecular weight excluding hydrogens is 136 g/mol. The molecule has 0 aromatic carbocycles. The van der Waals surface area contributed by atoms with E-state index in [1.54, 1.807) is 0 Å². The van der Waals surface area contributed by atoms with Crippen LogP contribution in [-0.2, 0) is 0 Å². The van der Waals surface area contributed by atoms with Crippen LogP contribution in [0.15, 0.2) is 0 Å². The second kappa shape index (κ2) is 2.48. The fraction of sp³-hybridized carbons (Fsp3) is 1.00. The van der Waals surface area contributed by atoms with Crippen molar-refractivity contribution in [2.24, 2.45) is 11.8 Å². The maximum atomic E-state index is 9.92. The second-order valence-corrected chi connectivity index (χ2v) is 4.41. The van der Waals surface area contributed by atoms with Gasteiger partial charge in [-0.2, -0.15) is 0 Å². The normalized spacial score (nSPS) is 43.6. The zero-order chi connectivity index (χ0) is 7.90. The largest absolute Gasteiger partial charge is 0.390 e. The molecule has 0 amide bonds. The van der Waals surface area contributed by atoms with Crippen LogP contribution in [0.3, 0.4) is 0 Å². The van der Waals surface area contributed by atoms with Crippen molar-refractivity contribution >= 4 is 0 Å². The summed E-state index contributed by atoms with van der Waals surface area (Å²) in [5.74, 6) is 1.51. The topological polar surface area (TPSA) is 20.2 Å². The van der Waals surface area contributed by atoms with E-state index in [1.165, 1.54) is 25.7 Å². The third-order valence-electron chi connectivity index (χ3n) is 3.56. The second-order valence-electron chi connectivity index (χ2n) is 4.41. The molecule has 2 saturated carbocycles. The van der Waals surface area contributed by atoms with Crippen molar-refractivity contribution in [3.05, 3.63) is 0 Å². The van der Waals surface area contributed by atoms with Crippen LogP contribution >= 0.6 is 0 Å². The molecule has 0 aromatic rings. The summed E-state index contributed by atoms with van der Waals surface area (Å²) in [6.07, 6.45) is 7.50. The van der Waals surface area contributed by atoms with Crippen molar-refractivity contribution in [1.82, 2.24) is 0 Å². The van der Waals surface area contributed by atoms with E-state index in [-0.39, 0.29) is 5.60 Å². The van der Waals surface area contributed by atoms with E-state index >= 15 is 0 Å². The van der Waals surface area contributed by atoms with Gasteiger partial charge in [0, 0.05) is 0 Å². The van der Waals surface area contributed by atoms with Crippen molar-refractivity contribution in [2.75, 3.05) is 0 Å². The Kier molecular flexibility index (Phi) is 1.71. The first-order chi connectivity index (χ1) is 5.24. The van der Waals surface area contributed by atoms with E-state index in [2.05, 4.69) is 6.92 Å². The van der Waals surface area contributed by atoms with Crippen LogP contribution in [0.4, 0.5) is 0 Å². The Labute approximate surface area is 68.8 Å². The van der Waals surface area contributed by atoms with E-state index in [4.69, 9.17) is 0 Å². The van der Waals surface area contributed by atoms with Gasteiger partial charge in [0.05, 0.1) is 5.60 Å². The molecule has 0 heterocycles. The molecule has 1 nitrogen and oxygen atoms in total. The monoisotopic (exact) mass is 154 g/mol. The van der Waals surface area contributed by atoms with Gasteiger partial charge in [0.15, 0.2) is 0 Å². The van der Waals surface area contributed by atoms with Crippen molar-refractivity contribution in [3.8, 4) is 0 Å². The Morgan fingerprint density at radius 3 is 2.55 bits per heavy atom. The molecule has 1 N–H and O–H groups in total. The van der Waals surface area contributed by atoms with E-state index in [0.29, 0.717) is 5.92 Å². The van der Waals surface area contributed by atoms with Crippen LogP contribution in [0.5, 0.6) is 0 Å². The molecule has 1 heteroatoms. The zero-order valence-electron chi connectivity index (χ0n) is 7.34. The Hall–Kier alpha value is -0.0400. The standard InChI is InChI=1S/C10H18O/c1-2-9-7-10(9,11)6-8-4-3-5-8/h8-9,11H,2-7H2,1H3. The average Bonchev–Trinajstić information content (AvgIpc) is 2.55. The van der Waals surface area contributed by atoms with E-state index in [9.17, 15) is 5.11 Å². The van der Waals surface area contributed by atoms with Gasteiger partial charge in [-0.05, 0) is 24.7 Å². The number of hydrogen-bond donors (Lipinski definition) is 1. The Balaban J connectivity index is 1.77. The molecule has 2 fully saturated rings. The molecule has 11 heavy (non-hydrogen) atoms. The summed E-state index contributed by atoms with van der Waals surface area (Å²) < 4.78 is 0. The summed E-state index contributed by atoms with van der Waals surface area (Å²) in [5, 5.41) is 9.92. The van der Waals surface area contributed by atoms with E-state index in [0.717, 1.165) is 18.8 Å². The fourth-order valence-corrected chi connectivity index (χ4v) is 2.34. The van der Waals surface area contributed by atoms with Crippen LogP contribution in [0.2, 0.25) is 0 Å². The summed E-state index contributed by atoms with van der Waals surface area (Å²) in [4.78, 5) is 0. The van der Waals surface area contributed by atoms with Gasteiger partial charge < -0.3 is 5.11 Å². The third kappa shape index (κ3) is 1.31. The molecule has 0 aliphatic heterocycles. The quantitative estimate of drug-likeness (QED) is 0.661. The molecule has 2 rings (SSSR count). The molecule has 2 aliphatic carbocycles. The summed E-state index contributed by atoms with van der Waals surface area (Å²) in [6.45, 7) is 2.18. The van der Waals surface area contributed by atoms with Crippen LogP contribution in [0.25, 0.3) is 0 Å². The first kappa shape index (κ1) is 7.60. The minimum atomic E-state index is -0.208. The lowest BCUT2D eigenvalue weighted by Crippen LogP contribution is -2.21. The third-order valence-corrected chi connectivity index (χ3v) is 3.56. The molecule has 2 unspecified atom stereocenters. The van der Waals surface area contributed by atoms with E-state index < -0.39 is 0 Å². The maximum absolute atomic E-state index is 9.92. The molecule has 0 spiro atoms. The highest BCUT2D eigenvalue weighted by molar-refractivity contribution is 5.04. The van der Waals surface area contributed by atoms with Crippen LogP contribution in [-0.4, -0.2) is 10.7 Å². The minimum Gasteiger partial charge on any atom is -0.390 e. The summed E-state index contributed by atoms with van der Waals surface area (Å²) in [7, 11) is 0. The Morgan fingerprint density at radius 1 is 1.45 bits per heavy atom. The smallest absolute Gasteiger partial charge is 0.0683 e. The predicted octanol–water partition coefficient (Wildman–Crippen LogP) is 2.34. The molecule has 0 bridgehead atoms. The molecule has 2 atom stereocenters. The van der Waals surface area contributed by atoms with Crippen molar-refractivity contribution < 1.29 is 5.11 Å². The van der Waals surface area contributed by atoms with Crippen molar-refractivity contribution in [1.29, 1.82) is 0 Å². The van der Waals surface area contributed by atoms with Gasteiger partial charge >= 0.3 is 0 Å². The van der Waals surface area contributed by atoms with Crippen molar-refractivity contribution in [2.45, 2.75) is 51.0 Å². The molecule has 64 valence electrons. The van der Waals surface area contributed by atoms with Gasteiger partial charge in [-0.15, -0.1) is 0 Å². The highest BCUT2D eigenvalue weighted by atomic mass is 16.3. The lowest BCUT2D eigenvalue weighted by atomic mass is 9.80. The van der Waals surface area contributed by atoms with Crippen LogP contribution in [0, 0.1) is 11.8 Å². The lowest BCUT2D eigenvalue weighted by molar-refractivity contribution is 0.0799. The fourth-order valence-electron chi connectivity index (χ4n) is 2.34. The lowest BCUT2D eigenvalue weighted by Gasteiger charge is -2.28. The van der Waals surface area contributed by atoms with Gasteiger partial charge in [-0.3, -0.25) is 0 Å². The summed E-state index contributed by atoms with van der Waals surface area (Å²) >= 11 is 0. The Bertz CT molecular complexity index is 151. The predicted molar refractivity (Wildman–Crippen MR) is 45.3 cm³/mol. The summed E-state index contributed by atoms with van der Waals surface area (Å²) in [5.41, 5.74) is -0.208. The van der Waals surface area contributed by atoms with Gasteiger partial charge in [0.2, 0.25) is 0 Å². The van der Waals surface area contributed by atoms with Gasteiger partial charge in [0.25, 0.3) is 0 Å². The Morgan fingerprint density at radius 2 is 2.18 bits per heavy atom. The van der Waals surface area contributed by atoms with Crippen LogP contribution < -0.4 is 0 Å². The molecule has 0 aromatic heterocycles. The number of aliphatic hydroxyl groups is 1. The number of rotatable bonds is 3. The minimum absolute atomic E-state index is 0.208.